The van der Waals surface area contributed by atoms with Crippen LogP contribution < -0.4 is 4.90 Å². The minimum atomic E-state index is -4.46. The Morgan fingerprint density at radius 1 is 1.24 bits per heavy atom. The van der Waals surface area contributed by atoms with Crippen molar-refractivity contribution in [1.82, 2.24) is 9.97 Å². The number of anilines is 1. The Labute approximate surface area is 140 Å². The van der Waals surface area contributed by atoms with Crippen LogP contribution in [-0.2, 0) is 6.18 Å². The van der Waals surface area contributed by atoms with Crippen LogP contribution in [0.3, 0.4) is 0 Å². The summed E-state index contributed by atoms with van der Waals surface area (Å²) in [7, 11) is 0. The Bertz CT molecular complexity index is 780. The van der Waals surface area contributed by atoms with Gasteiger partial charge in [-0.3, -0.25) is 0 Å². The third-order valence-electron chi connectivity index (χ3n) is 4.03. The van der Waals surface area contributed by atoms with Crippen LogP contribution >= 0.6 is 0 Å². The molecule has 0 radical (unpaired) electrons. The van der Waals surface area contributed by atoms with Crippen molar-refractivity contribution in [3.8, 4) is 0 Å². The summed E-state index contributed by atoms with van der Waals surface area (Å²) in [5.41, 5.74) is -0.603. The predicted octanol–water partition coefficient (Wildman–Crippen LogP) is 2.51. The Kier molecular flexibility index (Phi) is 4.34. The van der Waals surface area contributed by atoms with Crippen LogP contribution in [0.5, 0.6) is 0 Å². The number of nitrogens with zero attached hydrogens (tertiary/aromatic N) is 3. The van der Waals surface area contributed by atoms with Crippen LogP contribution in [0.4, 0.5) is 19.0 Å². The van der Waals surface area contributed by atoms with Crippen LogP contribution in [0.1, 0.15) is 34.1 Å². The van der Waals surface area contributed by atoms with E-state index in [0.717, 1.165) is 18.3 Å². The highest BCUT2D eigenvalue weighted by Crippen LogP contribution is 2.37. The number of aromatic nitrogens is 2. The van der Waals surface area contributed by atoms with Crippen LogP contribution in [0, 0.1) is 0 Å². The molecule has 2 aromatic rings. The molecule has 6 nitrogen and oxygen atoms in total. The maximum atomic E-state index is 12.9. The van der Waals surface area contributed by atoms with E-state index in [1.54, 1.807) is 11.0 Å². The maximum absolute atomic E-state index is 12.9. The molecule has 25 heavy (non-hydrogen) atoms. The number of carboxylic acid groups (broad SMARTS) is 1. The molecule has 1 aliphatic heterocycles. The van der Waals surface area contributed by atoms with Crippen molar-refractivity contribution in [1.29, 1.82) is 0 Å². The lowest BCUT2D eigenvalue weighted by molar-refractivity contribution is -0.137. The number of rotatable bonds is 3. The van der Waals surface area contributed by atoms with Gasteiger partial charge in [0.05, 0.1) is 30.1 Å². The molecule has 3 rings (SSSR count). The number of hydrogen-bond acceptors (Lipinski definition) is 5. The van der Waals surface area contributed by atoms with Gasteiger partial charge in [0.2, 0.25) is 0 Å². The van der Waals surface area contributed by atoms with Crippen molar-refractivity contribution in [3.63, 3.8) is 0 Å². The smallest absolute Gasteiger partial charge is 0.416 e. The van der Waals surface area contributed by atoms with Gasteiger partial charge in [0.15, 0.2) is 5.69 Å². The summed E-state index contributed by atoms with van der Waals surface area (Å²) in [5, 5.41) is 18.8. The Morgan fingerprint density at radius 3 is 2.60 bits per heavy atom. The van der Waals surface area contributed by atoms with Crippen molar-refractivity contribution < 1.29 is 28.2 Å². The molecule has 2 atom stereocenters. The highest BCUT2D eigenvalue weighted by Gasteiger charge is 2.36. The molecule has 1 aromatic heterocycles. The van der Waals surface area contributed by atoms with E-state index in [1.165, 1.54) is 12.3 Å². The van der Waals surface area contributed by atoms with E-state index < -0.39 is 29.9 Å². The Balaban J connectivity index is 1.93. The van der Waals surface area contributed by atoms with E-state index in [2.05, 4.69) is 9.97 Å². The zero-order valence-electron chi connectivity index (χ0n) is 12.8. The van der Waals surface area contributed by atoms with Gasteiger partial charge in [-0.25, -0.2) is 14.8 Å². The molecule has 0 aliphatic carbocycles. The van der Waals surface area contributed by atoms with Crippen molar-refractivity contribution >= 4 is 11.8 Å². The largest absolute Gasteiger partial charge is 0.476 e. The summed E-state index contributed by atoms with van der Waals surface area (Å²) < 4.78 is 38.8. The standard InChI is InChI=1S/C16H14F3N3O3/c17-16(18,19)10-3-1-2-9(4-10)13-5-11(23)8-22(13)14-7-20-12(6-21-14)15(24)25/h1-4,6-7,11,13,23H,5,8H2,(H,24,25). The monoisotopic (exact) mass is 353 g/mol. The first kappa shape index (κ1) is 17.2. The lowest BCUT2D eigenvalue weighted by Gasteiger charge is -2.26. The first-order chi connectivity index (χ1) is 11.8. The summed E-state index contributed by atoms with van der Waals surface area (Å²) in [6.45, 7) is 0.169. The summed E-state index contributed by atoms with van der Waals surface area (Å²) >= 11 is 0. The summed E-state index contributed by atoms with van der Waals surface area (Å²) in [4.78, 5) is 20.2. The minimum absolute atomic E-state index is 0.169. The molecular formula is C16H14F3N3O3. The molecule has 0 amide bonds. The fourth-order valence-electron chi connectivity index (χ4n) is 2.89. The van der Waals surface area contributed by atoms with E-state index in [1.807, 2.05) is 0 Å². The van der Waals surface area contributed by atoms with Crippen LogP contribution in [-0.4, -0.2) is 38.8 Å². The zero-order chi connectivity index (χ0) is 18.2. The Hall–Kier alpha value is -2.68. The van der Waals surface area contributed by atoms with Crippen molar-refractivity contribution in [2.45, 2.75) is 24.7 Å². The molecular weight excluding hydrogens is 339 g/mol. The molecule has 132 valence electrons. The molecule has 9 heteroatoms. The van der Waals surface area contributed by atoms with Gasteiger partial charge in [0.25, 0.3) is 0 Å². The van der Waals surface area contributed by atoms with Gasteiger partial charge in [-0.15, -0.1) is 0 Å². The summed E-state index contributed by atoms with van der Waals surface area (Å²) in [6.07, 6.45) is -2.64. The third-order valence-corrected chi connectivity index (χ3v) is 4.03. The van der Waals surface area contributed by atoms with Gasteiger partial charge < -0.3 is 15.1 Å². The SMILES string of the molecule is O=C(O)c1cnc(N2CC(O)CC2c2cccc(C(F)(F)F)c2)cn1. The number of aliphatic hydroxyl groups is 1. The van der Waals surface area contributed by atoms with Gasteiger partial charge in [-0.1, -0.05) is 12.1 Å². The van der Waals surface area contributed by atoms with E-state index >= 15 is 0 Å². The normalized spacial score (nSPS) is 20.7. The maximum Gasteiger partial charge on any atom is 0.416 e. The van der Waals surface area contributed by atoms with Crippen molar-refractivity contribution in [2.24, 2.45) is 0 Å². The molecule has 2 unspecified atom stereocenters. The van der Waals surface area contributed by atoms with Crippen LogP contribution in [0.15, 0.2) is 36.7 Å². The highest BCUT2D eigenvalue weighted by atomic mass is 19.4. The van der Waals surface area contributed by atoms with Gasteiger partial charge in [-0.2, -0.15) is 13.2 Å². The van der Waals surface area contributed by atoms with E-state index in [4.69, 9.17) is 5.11 Å². The average Bonchev–Trinajstić information content (AvgIpc) is 2.96. The second-order valence-electron chi connectivity index (χ2n) is 5.75. The molecule has 2 heterocycles. The van der Waals surface area contributed by atoms with E-state index in [0.29, 0.717) is 11.4 Å². The van der Waals surface area contributed by atoms with Crippen molar-refractivity contribution in [2.75, 3.05) is 11.4 Å². The number of β-amino-alcohol motifs (C(OH)–C–C–N with tert-alkyl or cyclic N) is 1. The van der Waals surface area contributed by atoms with Crippen LogP contribution in [0.25, 0.3) is 0 Å². The molecule has 0 bridgehead atoms. The summed E-state index contributed by atoms with van der Waals surface area (Å²) in [5.74, 6) is -0.932. The first-order valence-electron chi connectivity index (χ1n) is 7.43. The molecule has 1 aromatic carbocycles. The second kappa shape index (κ2) is 6.32. The molecule has 1 saturated heterocycles. The topological polar surface area (TPSA) is 86.5 Å². The average molecular weight is 353 g/mol. The number of aromatic carboxylic acids is 1. The molecule has 0 spiro atoms. The van der Waals surface area contributed by atoms with Gasteiger partial charge in [-0.05, 0) is 24.1 Å². The molecule has 2 N–H and O–H groups in total. The quantitative estimate of drug-likeness (QED) is 0.882. The van der Waals surface area contributed by atoms with E-state index in [-0.39, 0.29) is 18.7 Å². The summed E-state index contributed by atoms with van der Waals surface area (Å²) in [6, 6.07) is 4.40. The highest BCUT2D eigenvalue weighted by molar-refractivity contribution is 5.84. The van der Waals surface area contributed by atoms with E-state index in [9.17, 15) is 23.1 Å². The number of carbonyl (C=O) groups is 1. The van der Waals surface area contributed by atoms with Gasteiger partial charge >= 0.3 is 12.1 Å². The zero-order valence-corrected chi connectivity index (χ0v) is 12.8. The third kappa shape index (κ3) is 3.55. The molecule has 1 aliphatic rings. The number of carboxylic acids is 1. The predicted molar refractivity (Wildman–Crippen MR) is 81.1 cm³/mol. The van der Waals surface area contributed by atoms with Crippen LogP contribution in [0.2, 0.25) is 0 Å². The first-order valence-corrected chi connectivity index (χ1v) is 7.43. The fourth-order valence-corrected chi connectivity index (χ4v) is 2.89. The number of halogens is 3. The Morgan fingerprint density at radius 2 is 2.00 bits per heavy atom. The second-order valence-corrected chi connectivity index (χ2v) is 5.75. The van der Waals surface area contributed by atoms with Gasteiger partial charge in [0, 0.05) is 6.54 Å². The number of aliphatic hydroxyl groups excluding tert-OH is 1. The fraction of sp³-hybridized carbons (Fsp3) is 0.312. The molecule has 1 fully saturated rings. The van der Waals surface area contributed by atoms with Gasteiger partial charge in [0.1, 0.15) is 5.82 Å². The number of benzene rings is 1. The van der Waals surface area contributed by atoms with Crippen molar-refractivity contribution in [3.05, 3.63) is 53.5 Å². The number of hydrogen-bond donors (Lipinski definition) is 2. The minimum Gasteiger partial charge on any atom is -0.476 e. The lowest BCUT2D eigenvalue weighted by atomic mass is 10.0. The lowest BCUT2D eigenvalue weighted by Crippen LogP contribution is -2.25. The molecule has 0 saturated carbocycles. The number of alkyl halides is 3.